The topological polar surface area (TPSA) is 57.9 Å². The van der Waals surface area contributed by atoms with Gasteiger partial charge in [0.1, 0.15) is 0 Å². The number of hydrogen-bond acceptors (Lipinski definition) is 3. The van der Waals surface area contributed by atoms with Crippen molar-refractivity contribution in [3.05, 3.63) is 34.9 Å². The zero-order valence-corrected chi connectivity index (χ0v) is 11.4. The fraction of sp³-hybridized carbons (Fsp3) is 0.462. The third-order valence-electron chi connectivity index (χ3n) is 3.39. The molecule has 0 amide bonds. The summed E-state index contributed by atoms with van der Waals surface area (Å²) in [5, 5.41) is 8.92. The maximum Gasteiger partial charge on any atom is 0.158 e. The van der Waals surface area contributed by atoms with E-state index in [0.29, 0.717) is 23.4 Å². The first-order valence-electron chi connectivity index (χ1n) is 5.89. The van der Waals surface area contributed by atoms with Crippen LogP contribution in [0.3, 0.4) is 0 Å². The van der Waals surface area contributed by atoms with Crippen molar-refractivity contribution in [3.63, 3.8) is 0 Å². The molecule has 1 aromatic carbocycles. The second kappa shape index (κ2) is 5.29. The molecule has 1 fully saturated rings. The first-order chi connectivity index (χ1) is 8.54. The molecule has 5 heteroatoms. The van der Waals surface area contributed by atoms with Crippen LogP contribution in [-0.4, -0.2) is 13.7 Å². The average Bonchev–Trinajstić information content (AvgIpc) is 2.81. The van der Waals surface area contributed by atoms with E-state index in [9.17, 15) is 8.42 Å². The normalized spacial score (nSPS) is 23.8. The Hall–Kier alpha value is -1.05. The van der Waals surface area contributed by atoms with E-state index in [1.807, 2.05) is 0 Å². The monoisotopic (exact) mass is 283 g/mol. The van der Waals surface area contributed by atoms with Gasteiger partial charge in [0.2, 0.25) is 0 Å². The summed E-state index contributed by atoms with van der Waals surface area (Å²) in [6.45, 7) is 0. The highest BCUT2D eigenvalue weighted by Gasteiger charge is 2.37. The lowest BCUT2D eigenvalue weighted by atomic mass is 10.1. The van der Waals surface area contributed by atoms with Crippen LogP contribution < -0.4 is 0 Å². The van der Waals surface area contributed by atoms with Crippen LogP contribution in [0.4, 0.5) is 0 Å². The van der Waals surface area contributed by atoms with E-state index in [0.717, 1.165) is 6.42 Å². The molecule has 2 unspecified atom stereocenters. The van der Waals surface area contributed by atoms with Gasteiger partial charge < -0.3 is 0 Å². The van der Waals surface area contributed by atoms with Gasteiger partial charge in [0.25, 0.3) is 0 Å². The molecule has 0 bridgehead atoms. The van der Waals surface area contributed by atoms with Crippen LogP contribution in [0.1, 0.15) is 24.8 Å². The van der Waals surface area contributed by atoms with Crippen molar-refractivity contribution in [3.8, 4) is 6.07 Å². The highest BCUT2D eigenvalue weighted by Crippen LogP contribution is 2.33. The molecule has 1 saturated carbocycles. The predicted molar refractivity (Wildman–Crippen MR) is 70.8 cm³/mol. The summed E-state index contributed by atoms with van der Waals surface area (Å²) in [6.07, 6.45) is 2.08. The van der Waals surface area contributed by atoms with Crippen LogP contribution in [0.25, 0.3) is 0 Å². The maximum absolute atomic E-state index is 12.3. The minimum atomic E-state index is -3.30. The molecule has 1 aliphatic rings. The van der Waals surface area contributed by atoms with E-state index < -0.39 is 15.1 Å². The Morgan fingerprint density at radius 3 is 2.72 bits per heavy atom. The minimum absolute atomic E-state index is 0.0739. The van der Waals surface area contributed by atoms with E-state index in [2.05, 4.69) is 6.07 Å². The van der Waals surface area contributed by atoms with Gasteiger partial charge >= 0.3 is 0 Å². The Kier molecular flexibility index (Phi) is 3.94. The molecule has 0 spiro atoms. The van der Waals surface area contributed by atoms with Crippen molar-refractivity contribution >= 4 is 21.4 Å². The number of halogens is 1. The highest BCUT2D eigenvalue weighted by molar-refractivity contribution is 7.91. The number of nitriles is 1. The lowest BCUT2D eigenvalue weighted by Crippen LogP contribution is -2.26. The van der Waals surface area contributed by atoms with Gasteiger partial charge in [0, 0.05) is 5.02 Å². The first kappa shape index (κ1) is 13.4. The molecule has 0 N–H and O–H groups in total. The lowest BCUT2D eigenvalue weighted by molar-refractivity contribution is 0.564. The SMILES string of the molecule is N#CC1CCCC1S(=O)(=O)Cc1ccccc1Cl. The second-order valence-electron chi connectivity index (χ2n) is 4.60. The molecule has 2 atom stereocenters. The quantitative estimate of drug-likeness (QED) is 0.857. The van der Waals surface area contributed by atoms with Gasteiger partial charge in [-0.2, -0.15) is 5.26 Å². The largest absolute Gasteiger partial charge is 0.228 e. The van der Waals surface area contributed by atoms with Crippen LogP contribution in [-0.2, 0) is 15.6 Å². The van der Waals surface area contributed by atoms with Gasteiger partial charge in [-0.05, 0) is 24.5 Å². The van der Waals surface area contributed by atoms with Crippen LogP contribution in [0.2, 0.25) is 5.02 Å². The Bertz CT molecular complexity index is 577. The number of benzene rings is 1. The summed E-state index contributed by atoms with van der Waals surface area (Å²) in [5.41, 5.74) is 0.614. The molecule has 0 saturated heterocycles. The molecule has 96 valence electrons. The van der Waals surface area contributed by atoms with Gasteiger partial charge in [-0.15, -0.1) is 0 Å². The Morgan fingerprint density at radius 1 is 1.33 bits per heavy atom. The van der Waals surface area contributed by atoms with Crippen molar-refractivity contribution in [2.75, 3.05) is 0 Å². The number of sulfone groups is 1. The van der Waals surface area contributed by atoms with Crippen molar-refractivity contribution in [2.45, 2.75) is 30.3 Å². The zero-order chi connectivity index (χ0) is 13.2. The molecule has 2 rings (SSSR count). The molecule has 18 heavy (non-hydrogen) atoms. The lowest BCUT2D eigenvalue weighted by Gasteiger charge is -2.15. The average molecular weight is 284 g/mol. The van der Waals surface area contributed by atoms with Crippen LogP contribution in [0, 0.1) is 17.2 Å². The number of hydrogen-bond donors (Lipinski definition) is 0. The van der Waals surface area contributed by atoms with Crippen molar-refractivity contribution in [2.24, 2.45) is 5.92 Å². The molecule has 0 aromatic heterocycles. The predicted octanol–water partition coefficient (Wildman–Crippen LogP) is 2.95. The highest BCUT2D eigenvalue weighted by atomic mass is 35.5. The summed E-state index contributed by atoms with van der Waals surface area (Å²) in [6, 6.07) is 9.05. The molecular weight excluding hydrogens is 270 g/mol. The van der Waals surface area contributed by atoms with E-state index in [1.54, 1.807) is 24.3 Å². The molecule has 0 heterocycles. The first-order valence-corrected chi connectivity index (χ1v) is 7.98. The number of nitrogens with zero attached hydrogens (tertiary/aromatic N) is 1. The molecule has 1 aromatic rings. The van der Waals surface area contributed by atoms with Crippen LogP contribution in [0.15, 0.2) is 24.3 Å². The smallest absolute Gasteiger partial charge is 0.158 e. The standard InChI is InChI=1S/C13H14ClNO2S/c14-12-6-2-1-4-11(12)9-18(16,17)13-7-3-5-10(13)8-15/h1-2,4,6,10,13H,3,5,7,9H2. The molecule has 3 nitrogen and oxygen atoms in total. The van der Waals surface area contributed by atoms with Crippen molar-refractivity contribution in [1.29, 1.82) is 5.26 Å². The summed E-state index contributed by atoms with van der Waals surface area (Å²) in [5.74, 6) is -0.437. The molecule has 1 aliphatic carbocycles. The molecule has 0 aliphatic heterocycles. The van der Waals surface area contributed by atoms with Gasteiger partial charge in [-0.3, -0.25) is 0 Å². The fourth-order valence-corrected chi connectivity index (χ4v) is 4.85. The molecule has 0 radical (unpaired) electrons. The van der Waals surface area contributed by atoms with Gasteiger partial charge in [0.15, 0.2) is 9.84 Å². The van der Waals surface area contributed by atoms with Crippen LogP contribution in [0.5, 0.6) is 0 Å². The summed E-state index contributed by atoms with van der Waals surface area (Å²) in [7, 11) is -3.30. The maximum atomic E-state index is 12.3. The summed E-state index contributed by atoms with van der Waals surface area (Å²) >= 11 is 5.98. The minimum Gasteiger partial charge on any atom is -0.228 e. The Balaban J connectivity index is 2.23. The zero-order valence-electron chi connectivity index (χ0n) is 9.84. The van der Waals surface area contributed by atoms with Gasteiger partial charge in [-0.1, -0.05) is 36.2 Å². The third-order valence-corrected chi connectivity index (χ3v) is 5.96. The number of rotatable bonds is 3. The van der Waals surface area contributed by atoms with E-state index in [4.69, 9.17) is 16.9 Å². The van der Waals surface area contributed by atoms with E-state index in [1.165, 1.54) is 0 Å². The Morgan fingerprint density at radius 2 is 2.06 bits per heavy atom. The van der Waals surface area contributed by atoms with Crippen molar-refractivity contribution < 1.29 is 8.42 Å². The van der Waals surface area contributed by atoms with E-state index >= 15 is 0 Å². The third kappa shape index (κ3) is 2.68. The Labute approximate surface area is 112 Å². The van der Waals surface area contributed by atoms with Crippen LogP contribution >= 0.6 is 11.6 Å². The molecular formula is C13H14ClNO2S. The van der Waals surface area contributed by atoms with Crippen molar-refractivity contribution in [1.82, 2.24) is 0 Å². The summed E-state index contributed by atoms with van der Waals surface area (Å²) in [4.78, 5) is 0. The summed E-state index contributed by atoms with van der Waals surface area (Å²) < 4.78 is 24.6. The fourth-order valence-electron chi connectivity index (χ4n) is 2.44. The van der Waals surface area contributed by atoms with E-state index in [-0.39, 0.29) is 11.7 Å². The second-order valence-corrected chi connectivity index (χ2v) is 7.23. The van der Waals surface area contributed by atoms with Gasteiger partial charge in [-0.25, -0.2) is 8.42 Å². The van der Waals surface area contributed by atoms with Gasteiger partial charge in [0.05, 0.1) is 23.0 Å².